The van der Waals surface area contributed by atoms with Gasteiger partial charge in [0, 0.05) is 0 Å². The van der Waals surface area contributed by atoms with E-state index in [1.165, 1.54) is 4.46 Å². The zero-order chi connectivity index (χ0) is 18.6. The van der Waals surface area contributed by atoms with E-state index in [1.807, 2.05) is 60.7 Å². The van der Waals surface area contributed by atoms with Crippen LogP contribution in [0.25, 0.3) is 4.47 Å². The molecule has 134 valence electrons. The molecular formula is C22H16ClNO2Se. The Bertz CT molecular complexity index is 972. The van der Waals surface area contributed by atoms with Crippen LogP contribution in [0.15, 0.2) is 90.7 Å². The number of rotatable bonds is 4. The molecule has 0 saturated carbocycles. The maximum atomic E-state index is 12.1. The van der Waals surface area contributed by atoms with Gasteiger partial charge < -0.3 is 0 Å². The van der Waals surface area contributed by atoms with Crippen LogP contribution in [-0.4, -0.2) is 21.1 Å². The van der Waals surface area contributed by atoms with Crippen LogP contribution in [0.2, 0.25) is 5.02 Å². The Morgan fingerprint density at radius 3 is 2.19 bits per heavy atom. The third-order valence-electron chi connectivity index (χ3n) is 4.15. The third kappa shape index (κ3) is 4.09. The van der Waals surface area contributed by atoms with Crippen molar-refractivity contribution in [1.82, 2.24) is 5.32 Å². The Labute approximate surface area is 169 Å². The van der Waals surface area contributed by atoms with E-state index in [1.54, 1.807) is 0 Å². The Kier molecular flexibility index (Phi) is 5.30. The number of amides is 1. The topological polar surface area (TPSA) is 38.3 Å². The molecule has 0 bridgehead atoms. The molecule has 0 aliphatic carbocycles. The van der Waals surface area contributed by atoms with Crippen LogP contribution in [-0.2, 0) is 4.74 Å². The summed E-state index contributed by atoms with van der Waals surface area (Å²) in [6, 6.07) is 27.5. The zero-order valence-corrected chi connectivity index (χ0v) is 16.7. The minimum atomic E-state index is -0.428. The van der Waals surface area contributed by atoms with Crippen molar-refractivity contribution in [3.05, 3.63) is 107 Å². The van der Waals surface area contributed by atoms with Crippen LogP contribution in [0, 0.1) is 0 Å². The average molecular weight is 441 g/mol. The van der Waals surface area contributed by atoms with E-state index >= 15 is 0 Å². The number of nitrogens with one attached hydrogen (secondary N) is 1. The summed E-state index contributed by atoms with van der Waals surface area (Å²) < 4.78 is 7.93. The van der Waals surface area contributed by atoms with Crippen LogP contribution in [0.3, 0.4) is 0 Å². The van der Waals surface area contributed by atoms with Gasteiger partial charge in [-0.3, -0.25) is 0 Å². The van der Waals surface area contributed by atoms with Gasteiger partial charge in [-0.2, -0.15) is 0 Å². The first-order valence-electron chi connectivity index (χ1n) is 8.47. The van der Waals surface area contributed by atoms with Crippen LogP contribution in [0.1, 0.15) is 17.2 Å². The van der Waals surface area contributed by atoms with E-state index in [0.717, 1.165) is 15.6 Å². The predicted octanol–water partition coefficient (Wildman–Crippen LogP) is 4.52. The van der Waals surface area contributed by atoms with Crippen molar-refractivity contribution in [2.24, 2.45) is 0 Å². The second-order valence-corrected chi connectivity index (χ2v) is 8.70. The van der Waals surface area contributed by atoms with E-state index in [0.29, 0.717) is 10.8 Å². The van der Waals surface area contributed by atoms with Gasteiger partial charge in [0.1, 0.15) is 0 Å². The Morgan fingerprint density at radius 2 is 1.52 bits per heavy atom. The predicted molar refractivity (Wildman–Crippen MR) is 109 cm³/mol. The van der Waals surface area contributed by atoms with Gasteiger partial charge in [-0.1, -0.05) is 0 Å². The van der Waals surface area contributed by atoms with Gasteiger partial charge in [0.25, 0.3) is 0 Å². The van der Waals surface area contributed by atoms with Crippen molar-refractivity contribution in [2.45, 2.75) is 6.04 Å². The first-order chi connectivity index (χ1) is 13.2. The van der Waals surface area contributed by atoms with Gasteiger partial charge in [-0.25, -0.2) is 0 Å². The summed E-state index contributed by atoms with van der Waals surface area (Å²) in [5, 5.41) is 3.58. The molecule has 0 aromatic heterocycles. The van der Waals surface area contributed by atoms with Crippen molar-refractivity contribution >= 4 is 41.6 Å². The third-order valence-corrected chi connectivity index (χ3v) is 6.82. The molecule has 0 radical (unpaired) electrons. The molecule has 3 aromatic rings. The molecule has 3 aromatic carbocycles. The molecule has 1 heterocycles. The number of ether oxygens (including phenoxy) is 1. The second kappa shape index (κ2) is 8.01. The number of carbonyl (C=O) groups excluding carboxylic acids is 1. The van der Waals surface area contributed by atoms with E-state index < -0.39 is 6.09 Å². The van der Waals surface area contributed by atoms with Crippen LogP contribution >= 0.6 is 11.6 Å². The molecule has 1 fully saturated rings. The quantitative estimate of drug-likeness (QED) is 0.606. The van der Waals surface area contributed by atoms with E-state index in [9.17, 15) is 4.79 Å². The van der Waals surface area contributed by atoms with Crippen molar-refractivity contribution < 1.29 is 9.53 Å². The number of alkyl carbamates (subject to hydrolysis) is 1. The van der Waals surface area contributed by atoms with E-state index in [-0.39, 0.29) is 21.0 Å². The van der Waals surface area contributed by atoms with Gasteiger partial charge >= 0.3 is 169 Å². The molecular weight excluding hydrogens is 425 g/mol. The van der Waals surface area contributed by atoms with Crippen LogP contribution in [0.5, 0.6) is 0 Å². The van der Waals surface area contributed by atoms with Gasteiger partial charge in [0.2, 0.25) is 0 Å². The fraction of sp³-hybridized carbons (Fsp3) is 0.0455. The van der Waals surface area contributed by atoms with Gasteiger partial charge in [0.15, 0.2) is 0 Å². The van der Waals surface area contributed by atoms with E-state index in [2.05, 4.69) is 29.6 Å². The SMILES string of the molecule is O=C1NC(c2ccc(Cl)cc2)/C(=C(\[Se]c2ccccc2)c2ccccc2)O1. The first-order valence-corrected chi connectivity index (χ1v) is 10.6. The molecule has 1 unspecified atom stereocenters. The van der Waals surface area contributed by atoms with Crippen molar-refractivity contribution in [3.8, 4) is 0 Å². The number of carbonyl (C=O) groups is 1. The Balaban J connectivity index is 1.83. The average Bonchev–Trinajstić information content (AvgIpc) is 3.09. The molecule has 1 N–H and O–H groups in total. The summed E-state index contributed by atoms with van der Waals surface area (Å²) in [4.78, 5) is 12.1. The number of hydrogen-bond donors (Lipinski definition) is 1. The molecule has 1 aliphatic rings. The van der Waals surface area contributed by atoms with Gasteiger partial charge in [-0.15, -0.1) is 0 Å². The first kappa shape index (κ1) is 17.9. The van der Waals surface area contributed by atoms with Gasteiger partial charge in [0.05, 0.1) is 0 Å². The molecule has 3 nitrogen and oxygen atoms in total. The number of halogens is 1. The van der Waals surface area contributed by atoms with Crippen LogP contribution < -0.4 is 9.78 Å². The maximum absolute atomic E-state index is 12.1. The molecule has 27 heavy (non-hydrogen) atoms. The number of hydrogen-bond acceptors (Lipinski definition) is 2. The normalized spacial score (nSPS) is 18.0. The van der Waals surface area contributed by atoms with Crippen molar-refractivity contribution in [2.75, 3.05) is 0 Å². The fourth-order valence-electron chi connectivity index (χ4n) is 2.89. The molecule has 5 heteroatoms. The van der Waals surface area contributed by atoms with Crippen LogP contribution in [0.4, 0.5) is 4.79 Å². The van der Waals surface area contributed by atoms with E-state index in [4.69, 9.17) is 16.3 Å². The minimum absolute atomic E-state index is 0.0189. The van der Waals surface area contributed by atoms with Crippen molar-refractivity contribution in [1.29, 1.82) is 0 Å². The van der Waals surface area contributed by atoms with Gasteiger partial charge in [-0.05, 0) is 0 Å². The standard InChI is InChI=1S/C22H16ClNO2Se/c23-17-13-11-15(12-14-17)19-20(26-22(25)24-19)21(16-7-3-1-4-8-16)27-18-9-5-2-6-10-18/h1-14,19H,(H,24,25)/b21-20+. The number of cyclic esters (lactones) is 1. The summed E-state index contributed by atoms with van der Waals surface area (Å²) >= 11 is 6.00. The fourth-order valence-corrected chi connectivity index (χ4v) is 5.20. The molecule has 4 rings (SSSR count). The van der Waals surface area contributed by atoms with Crippen molar-refractivity contribution in [3.63, 3.8) is 0 Å². The Hall–Kier alpha value is -2.52. The molecule has 1 amide bonds. The summed E-state index contributed by atoms with van der Waals surface area (Å²) in [5.74, 6) is 0.664. The molecule has 0 spiro atoms. The molecule has 1 aliphatic heterocycles. The zero-order valence-electron chi connectivity index (χ0n) is 14.3. The monoisotopic (exact) mass is 441 g/mol. The summed E-state index contributed by atoms with van der Waals surface area (Å²) in [6.07, 6.45) is -0.428. The molecule has 1 saturated heterocycles. The molecule has 1 atom stereocenters. The Morgan fingerprint density at radius 1 is 0.889 bits per heavy atom. The summed E-state index contributed by atoms with van der Waals surface area (Å²) in [6.45, 7) is 0. The summed E-state index contributed by atoms with van der Waals surface area (Å²) in [5.41, 5.74) is 2.00. The second-order valence-electron chi connectivity index (χ2n) is 5.99. The summed E-state index contributed by atoms with van der Waals surface area (Å²) in [7, 11) is 0. The number of benzene rings is 3.